The minimum Gasteiger partial charge on any atom is -0.452 e. The summed E-state index contributed by atoms with van der Waals surface area (Å²) in [5.41, 5.74) is 1.83. The van der Waals surface area contributed by atoms with Crippen LogP contribution >= 0.6 is 11.8 Å². The lowest BCUT2D eigenvalue weighted by molar-refractivity contribution is -0.157. The molecule has 2 atom stereocenters. The van der Waals surface area contributed by atoms with Crippen LogP contribution in [-0.2, 0) is 25.5 Å². The maximum Gasteiger partial charge on any atom is 0.312 e. The molecule has 7 heteroatoms. The quantitative estimate of drug-likeness (QED) is 0.517. The fourth-order valence-corrected chi connectivity index (χ4v) is 3.91. The normalized spacial score (nSPS) is 16.9. The Hall–Kier alpha value is -2.80. The predicted octanol–water partition coefficient (Wildman–Crippen LogP) is 3.37. The molecule has 30 heavy (non-hydrogen) atoms. The summed E-state index contributed by atoms with van der Waals surface area (Å²) in [5, 5.41) is 2.80. The highest BCUT2D eigenvalue weighted by molar-refractivity contribution is 7.98. The van der Waals surface area contributed by atoms with Crippen molar-refractivity contribution in [3.05, 3.63) is 60.2 Å². The molecule has 0 aliphatic carbocycles. The molecular formula is C23H26N2O4S. The summed E-state index contributed by atoms with van der Waals surface area (Å²) in [6.07, 6.45) is 1.84. The average Bonchev–Trinajstić information content (AvgIpc) is 3.14. The maximum atomic E-state index is 12.5. The fraction of sp³-hybridized carbons (Fsp3) is 0.348. The van der Waals surface area contributed by atoms with Crippen molar-refractivity contribution in [2.75, 3.05) is 24.7 Å². The van der Waals surface area contributed by atoms with Crippen LogP contribution in [0.5, 0.6) is 0 Å². The molecule has 1 aliphatic heterocycles. The number of hydrogen-bond acceptors (Lipinski definition) is 5. The molecule has 0 radical (unpaired) electrons. The van der Waals surface area contributed by atoms with Gasteiger partial charge in [-0.3, -0.25) is 14.4 Å². The molecule has 1 aliphatic rings. The second-order valence-electron chi connectivity index (χ2n) is 7.25. The van der Waals surface area contributed by atoms with Gasteiger partial charge in [0.1, 0.15) is 0 Å². The zero-order chi connectivity index (χ0) is 21.5. The van der Waals surface area contributed by atoms with Crippen molar-refractivity contribution < 1.29 is 19.1 Å². The van der Waals surface area contributed by atoms with Crippen molar-refractivity contribution in [2.45, 2.75) is 30.8 Å². The lowest BCUT2D eigenvalue weighted by Gasteiger charge is -2.18. The van der Waals surface area contributed by atoms with Crippen LogP contribution in [0.4, 0.5) is 5.69 Å². The number of benzene rings is 2. The summed E-state index contributed by atoms with van der Waals surface area (Å²) in [6.45, 7) is 2.43. The minimum atomic E-state index is -0.944. The molecule has 2 aromatic carbocycles. The third-order valence-electron chi connectivity index (χ3n) is 5.09. The molecule has 1 saturated heterocycles. The van der Waals surface area contributed by atoms with E-state index < -0.39 is 23.9 Å². The molecule has 1 fully saturated rings. The van der Waals surface area contributed by atoms with E-state index in [-0.39, 0.29) is 12.3 Å². The number of amides is 2. The molecule has 1 N–H and O–H groups in total. The first-order valence-corrected chi connectivity index (χ1v) is 11.2. The lowest BCUT2D eigenvalue weighted by atomic mass is 10.1. The van der Waals surface area contributed by atoms with E-state index in [2.05, 4.69) is 5.32 Å². The summed E-state index contributed by atoms with van der Waals surface area (Å²) < 4.78 is 5.36. The van der Waals surface area contributed by atoms with Crippen LogP contribution in [0, 0.1) is 5.92 Å². The highest BCUT2D eigenvalue weighted by Crippen LogP contribution is 2.25. The Labute approximate surface area is 181 Å². The van der Waals surface area contributed by atoms with E-state index >= 15 is 0 Å². The number of ether oxygens (including phenoxy) is 1. The molecule has 0 bridgehead atoms. The van der Waals surface area contributed by atoms with E-state index in [1.54, 1.807) is 17.9 Å². The first-order chi connectivity index (χ1) is 14.5. The number of para-hydroxylation sites is 1. The Morgan fingerprint density at radius 3 is 2.60 bits per heavy atom. The van der Waals surface area contributed by atoms with Crippen LogP contribution in [-0.4, -0.2) is 48.1 Å². The van der Waals surface area contributed by atoms with Gasteiger partial charge in [-0.05, 0) is 37.3 Å². The molecule has 158 valence electrons. The third kappa shape index (κ3) is 5.63. The van der Waals surface area contributed by atoms with E-state index in [0.717, 1.165) is 16.9 Å². The number of nitrogens with one attached hydrogen (secondary N) is 1. The molecule has 0 aromatic heterocycles. The number of likely N-dealkylation sites (tertiary alicyclic amines) is 1. The molecule has 1 heterocycles. The van der Waals surface area contributed by atoms with Crippen molar-refractivity contribution >= 4 is 35.2 Å². The average molecular weight is 427 g/mol. The van der Waals surface area contributed by atoms with Gasteiger partial charge in [-0.2, -0.15) is 0 Å². The van der Waals surface area contributed by atoms with Crippen molar-refractivity contribution in [3.63, 3.8) is 0 Å². The second kappa shape index (κ2) is 10.3. The van der Waals surface area contributed by atoms with Crippen molar-refractivity contribution in [1.82, 2.24) is 4.90 Å². The van der Waals surface area contributed by atoms with Gasteiger partial charge in [-0.1, -0.05) is 42.5 Å². The fourth-order valence-electron chi connectivity index (χ4n) is 3.36. The maximum absolute atomic E-state index is 12.5. The van der Waals surface area contributed by atoms with Crippen LogP contribution in [0.3, 0.4) is 0 Å². The number of hydrogen-bond donors (Lipinski definition) is 1. The SMILES string of the molecule is CSc1ccccc1NC(=O)[C@@H](C)OC(=O)[C@@H]1CC(=O)N(CCc2ccccc2)C1. The largest absolute Gasteiger partial charge is 0.452 e. The van der Waals surface area contributed by atoms with Crippen LogP contribution in [0.15, 0.2) is 59.5 Å². The molecule has 0 saturated carbocycles. The number of thioether (sulfide) groups is 1. The van der Waals surface area contributed by atoms with Gasteiger partial charge in [0.25, 0.3) is 5.91 Å². The second-order valence-corrected chi connectivity index (χ2v) is 8.09. The summed E-state index contributed by atoms with van der Waals surface area (Å²) >= 11 is 1.52. The first-order valence-electron chi connectivity index (χ1n) is 9.94. The van der Waals surface area contributed by atoms with Gasteiger partial charge < -0.3 is 15.0 Å². The number of rotatable bonds is 8. The number of carbonyl (C=O) groups is 3. The highest BCUT2D eigenvalue weighted by Gasteiger charge is 2.36. The first kappa shape index (κ1) is 21.9. The topological polar surface area (TPSA) is 75.7 Å². The Balaban J connectivity index is 1.50. The molecule has 0 spiro atoms. The van der Waals surface area contributed by atoms with Gasteiger partial charge in [0, 0.05) is 24.4 Å². The predicted molar refractivity (Wildman–Crippen MR) is 117 cm³/mol. The zero-order valence-corrected chi connectivity index (χ0v) is 18.0. The number of esters is 1. The Morgan fingerprint density at radius 1 is 1.17 bits per heavy atom. The van der Waals surface area contributed by atoms with Gasteiger partial charge in [0.05, 0.1) is 11.6 Å². The lowest BCUT2D eigenvalue weighted by Crippen LogP contribution is -2.33. The zero-order valence-electron chi connectivity index (χ0n) is 17.2. The molecule has 6 nitrogen and oxygen atoms in total. The van der Waals surface area contributed by atoms with Crippen LogP contribution < -0.4 is 5.32 Å². The number of anilines is 1. The van der Waals surface area contributed by atoms with E-state index in [1.165, 1.54) is 11.8 Å². The summed E-state index contributed by atoms with van der Waals surface area (Å²) in [5.74, 6) is -1.50. The van der Waals surface area contributed by atoms with Crippen LogP contribution in [0.2, 0.25) is 0 Å². The van der Waals surface area contributed by atoms with Gasteiger partial charge in [-0.15, -0.1) is 11.8 Å². The summed E-state index contributed by atoms with van der Waals surface area (Å²) in [6, 6.07) is 17.4. The van der Waals surface area contributed by atoms with Gasteiger partial charge >= 0.3 is 5.97 Å². The van der Waals surface area contributed by atoms with Crippen LogP contribution in [0.1, 0.15) is 18.9 Å². The standard InChI is InChI=1S/C23H26N2O4S/c1-16(22(27)24-19-10-6-7-11-20(19)30-2)29-23(28)18-14-21(26)25(15-18)13-12-17-8-4-3-5-9-17/h3-11,16,18H,12-15H2,1-2H3,(H,24,27)/t16-,18-/m1/s1. The molecule has 3 rings (SSSR count). The number of carbonyl (C=O) groups excluding carboxylic acids is 3. The molecular weight excluding hydrogens is 400 g/mol. The highest BCUT2D eigenvalue weighted by atomic mass is 32.2. The number of nitrogens with zero attached hydrogens (tertiary/aromatic N) is 1. The van der Waals surface area contributed by atoms with Gasteiger partial charge in [0.2, 0.25) is 5.91 Å². The third-order valence-corrected chi connectivity index (χ3v) is 5.88. The summed E-state index contributed by atoms with van der Waals surface area (Å²) in [7, 11) is 0. The Morgan fingerprint density at radius 2 is 1.87 bits per heavy atom. The van der Waals surface area contributed by atoms with E-state index in [1.807, 2.05) is 54.8 Å². The Kier molecular flexibility index (Phi) is 7.52. The van der Waals surface area contributed by atoms with Crippen molar-refractivity contribution in [2.24, 2.45) is 5.92 Å². The Bertz CT molecular complexity index is 903. The van der Waals surface area contributed by atoms with E-state index in [4.69, 9.17) is 4.74 Å². The monoisotopic (exact) mass is 426 g/mol. The van der Waals surface area contributed by atoms with Crippen LogP contribution in [0.25, 0.3) is 0 Å². The molecule has 0 unspecified atom stereocenters. The smallest absolute Gasteiger partial charge is 0.312 e. The van der Waals surface area contributed by atoms with Gasteiger partial charge in [0.15, 0.2) is 6.10 Å². The minimum absolute atomic E-state index is 0.0566. The van der Waals surface area contributed by atoms with E-state index in [9.17, 15) is 14.4 Å². The molecule has 2 aromatic rings. The van der Waals surface area contributed by atoms with Gasteiger partial charge in [-0.25, -0.2) is 0 Å². The molecule has 2 amide bonds. The summed E-state index contributed by atoms with van der Waals surface area (Å²) in [4.78, 5) is 39.9. The van der Waals surface area contributed by atoms with E-state index in [0.29, 0.717) is 18.8 Å². The van der Waals surface area contributed by atoms with Crippen molar-refractivity contribution in [3.8, 4) is 0 Å². The van der Waals surface area contributed by atoms with Crippen molar-refractivity contribution in [1.29, 1.82) is 0 Å².